The van der Waals surface area contributed by atoms with Gasteiger partial charge >= 0.3 is 40.6 Å². The summed E-state index contributed by atoms with van der Waals surface area (Å²) < 4.78 is 0. The Kier molecular flexibility index (Phi) is 5.49. The van der Waals surface area contributed by atoms with Crippen LogP contribution in [0, 0.1) is 0 Å². The fourth-order valence-corrected chi connectivity index (χ4v) is 0.222. The van der Waals surface area contributed by atoms with E-state index in [0.29, 0.717) is 0 Å². The SMILES string of the molecule is CB=BB=BC. The summed E-state index contributed by atoms with van der Waals surface area (Å²) in [5.41, 5.74) is 0. The molecule has 0 rings (SSSR count). The molecule has 0 saturated heterocycles. The van der Waals surface area contributed by atoms with Crippen molar-refractivity contribution in [1.82, 2.24) is 0 Å². The minimum atomic E-state index is 2.00. The molecule has 0 saturated carbocycles. The molecular weight excluding hydrogens is 67.3 g/mol. The van der Waals surface area contributed by atoms with Crippen molar-refractivity contribution in [2.24, 2.45) is 0 Å². The van der Waals surface area contributed by atoms with E-state index in [0.717, 1.165) is 0 Å². The van der Waals surface area contributed by atoms with E-state index in [-0.39, 0.29) is 0 Å². The van der Waals surface area contributed by atoms with Crippen molar-refractivity contribution in [3.05, 3.63) is 0 Å². The minimum absolute atomic E-state index is 2.00. The van der Waals surface area contributed by atoms with Gasteiger partial charge < -0.3 is 0 Å². The van der Waals surface area contributed by atoms with Crippen molar-refractivity contribution in [3.8, 4) is 0 Å². The van der Waals surface area contributed by atoms with E-state index in [1.807, 2.05) is 40.6 Å². The van der Waals surface area contributed by atoms with Gasteiger partial charge in [-0.1, -0.05) is 0 Å². The molecule has 0 unspecified atom stereocenters. The zero-order valence-electron chi connectivity index (χ0n) is 4.31. The molecule has 0 amide bonds. The molecule has 6 heavy (non-hydrogen) atoms. The average molecular weight is 73.3 g/mol. The predicted molar refractivity (Wildman–Crippen MR) is 34.7 cm³/mol. The Morgan fingerprint density at radius 1 is 0.833 bits per heavy atom. The second kappa shape index (κ2) is 5.26. The molecule has 0 spiro atoms. The summed E-state index contributed by atoms with van der Waals surface area (Å²) in [5, 5.41) is 0. The average Bonchev–Trinajstić information content (AvgIpc) is 1.61. The van der Waals surface area contributed by atoms with Gasteiger partial charge in [0, 0.05) is 0 Å². The van der Waals surface area contributed by atoms with Crippen molar-refractivity contribution < 1.29 is 0 Å². The van der Waals surface area contributed by atoms with Crippen molar-refractivity contribution in [2.45, 2.75) is 13.6 Å². The van der Waals surface area contributed by atoms with Crippen LogP contribution in [0.15, 0.2) is 0 Å². The Bertz CT molecular complexity index is 53.9. The molecule has 0 aliphatic carbocycles. The van der Waals surface area contributed by atoms with E-state index in [9.17, 15) is 0 Å². The predicted octanol–water partition coefficient (Wildman–Crippen LogP) is -0.356. The summed E-state index contributed by atoms with van der Waals surface area (Å²) in [6, 6.07) is 0. The van der Waals surface area contributed by atoms with Crippen LogP contribution >= 0.6 is 0 Å². The van der Waals surface area contributed by atoms with Gasteiger partial charge in [0.15, 0.2) is 0 Å². The third kappa shape index (κ3) is 4.26. The van der Waals surface area contributed by atoms with Crippen LogP contribution in [0.5, 0.6) is 0 Å². The molecule has 0 atom stereocenters. The third-order valence-electron chi connectivity index (χ3n) is 0.496. The second-order valence-electron chi connectivity index (χ2n) is 1.05. The van der Waals surface area contributed by atoms with Crippen LogP contribution in [-0.4, -0.2) is 27.0 Å². The molecule has 0 bridgehead atoms. The van der Waals surface area contributed by atoms with Crippen LogP contribution in [0.25, 0.3) is 0 Å². The summed E-state index contributed by atoms with van der Waals surface area (Å²) in [6.07, 6.45) is 0. The van der Waals surface area contributed by atoms with E-state index in [1.165, 1.54) is 0 Å². The van der Waals surface area contributed by atoms with Gasteiger partial charge in [-0.05, 0) is 0 Å². The molecule has 0 heterocycles. The van der Waals surface area contributed by atoms with Crippen LogP contribution in [0.3, 0.4) is 0 Å². The molecule has 0 aromatic heterocycles. The van der Waals surface area contributed by atoms with Crippen LogP contribution in [-0.2, 0) is 0 Å². The Morgan fingerprint density at radius 3 is 1.33 bits per heavy atom. The van der Waals surface area contributed by atoms with E-state index in [2.05, 4.69) is 0 Å². The normalized spacial score (nSPS) is 6.33. The first-order valence-electron chi connectivity index (χ1n) is 2.15. The summed E-state index contributed by atoms with van der Waals surface area (Å²) in [5.74, 6) is 0. The Labute approximate surface area is 41.5 Å². The van der Waals surface area contributed by atoms with Gasteiger partial charge in [-0.25, -0.2) is 0 Å². The Hall–Kier alpha value is 0.260. The maximum absolute atomic E-state index is 2.00. The summed E-state index contributed by atoms with van der Waals surface area (Å²) >= 11 is 0. The second-order valence-corrected chi connectivity index (χ2v) is 1.05. The topological polar surface area (TPSA) is 0 Å². The van der Waals surface area contributed by atoms with Crippen molar-refractivity contribution >= 4 is 27.0 Å². The van der Waals surface area contributed by atoms with Crippen LogP contribution in [0.4, 0.5) is 0 Å². The van der Waals surface area contributed by atoms with Crippen LogP contribution < -0.4 is 0 Å². The fourth-order valence-electron chi connectivity index (χ4n) is 0.222. The van der Waals surface area contributed by atoms with Gasteiger partial charge in [-0.3, -0.25) is 0 Å². The molecule has 0 nitrogen and oxygen atoms in total. The fraction of sp³-hybridized carbons (Fsp3) is 1.00. The molecule has 0 aliphatic rings. The van der Waals surface area contributed by atoms with Gasteiger partial charge in [-0.15, -0.1) is 0 Å². The van der Waals surface area contributed by atoms with Gasteiger partial charge in [-0.2, -0.15) is 0 Å². The zero-order valence-corrected chi connectivity index (χ0v) is 4.31. The van der Waals surface area contributed by atoms with E-state index >= 15 is 0 Å². The number of hydrogen-bond acceptors (Lipinski definition) is 0. The van der Waals surface area contributed by atoms with E-state index in [4.69, 9.17) is 0 Å². The summed E-state index contributed by atoms with van der Waals surface area (Å²) in [7, 11) is 0. The van der Waals surface area contributed by atoms with Gasteiger partial charge in [0.2, 0.25) is 0 Å². The quantitative estimate of drug-likeness (QED) is 0.372. The van der Waals surface area contributed by atoms with Crippen LogP contribution in [0.2, 0.25) is 13.6 Å². The summed E-state index contributed by atoms with van der Waals surface area (Å²) in [4.78, 5) is 0. The standard InChI is InChI=1S/C2H6B4/c1-3-5-6-4-2/h1-2H3. The van der Waals surface area contributed by atoms with Crippen LogP contribution in [0.1, 0.15) is 0 Å². The van der Waals surface area contributed by atoms with E-state index in [1.54, 1.807) is 0 Å². The molecule has 0 aliphatic heterocycles. The summed E-state index contributed by atoms with van der Waals surface area (Å²) in [6.45, 7) is 12.0. The molecule has 0 aromatic rings. The molecule has 0 fully saturated rings. The molecule has 4 heteroatoms. The van der Waals surface area contributed by atoms with Crippen molar-refractivity contribution in [3.63, 3.8) is 0 Å². The zero-order chi connectivity index (χ0) is 4.83. The Balaban J connectivity index is 3.07. The molecule has 0 radical (unpaired) electrons. The molecule has 0 N–H and O–H groups in total. The first-order valence-corrected chi connectivity index (χ1v) is 2.15. The van der Waals surface area contributed by atoms with Crippen molar-refractivity contribution in [1.29, 1.82) is 0 Å². The van der Waals surface area contributed by atoms with Gasteiger partial charge in [0.05, 0.1) is 0 Å². The monoisotopic (exact) mass is 74.1 g/mol. The van der Waals surface area contributed by atoms with E-state index < -0.39 is 0 Å². The Morgan fingerprint density at radius 2 is 1.17 bits per heavy atom. The third-order valence-corrected chi connectivity index (χ3v) is 0.496. The van der Waals surface area contributed by atoms with Crippen molar-refractivity contribution in [2.75, 3.05) is 0 Å². The molecular formula is C2H6B4. The molecule has 26 valence electrons. The van der Waals surface area contributed by atoms with Gasteiger partial charge in [0.25, 0.3) is 0 Å². The maximum atomic E-state index is 2.00. The molecule has 0 aromatic carbocycles. The first kappa shape index (κ1) is 6.26. The van der Waals surface area contributed by atoms with Gasteiger partial charge in [0.1, 0.15) is 0 Å². The number of rotatable bonds is 1. The first-order chi connectivity index (χ1) is 2.91. The number of hydrogen-bond donors (Lipinski definition) is 0.